The van der Waals surface area contributed by atoms with Gasteiger partial charge in [0.05, 0.1) is 5.75 Å². The lowest BCUT2D eigenvalue weighted by atomic mass is 9.90. The molecule has 2 aromatic rings. The number of amides is 1. The van der Waals surface area contributed by atoms with Crippen LogP contribution in [0.3, 0.4) is 0 Å². The van der Waals surface area contributed by atoms with E-state index < -0.39 is 28.0 Å². The summed E-state index contributed by atoms with van der Waals surface area (Å²) in [6, 6.07) is 14.3. The maximum absolute atomic E-state index is 12.3. The molecule has 1 N–H and O–H groups in total. The zero-order chi connectivity index (χ0) is 23.2. The van der Waals surface area contributed by atoms with Crippen LogP contribution in [-0.2, 0) is 16.4 Å². The van der Waals surface area contributed by atoms with Crippen molar-refractivity contribution in [3.63, 3.8) is 0 Å². The Bertz CT molecular complexity index is 988. The zero-order valence-electron chi connectivity index (χ0n) is 17.3. The minimum Gasteiger partial charge on any atom is -0.406 e. The summed E-state index contributed by atoms with van der Waals surface area (Å²) in [5, 5.41) is 0. The maximum Gasteiger partial charge on any atom is 0.573 e. The van der Waals surface area contributed by atoms with Crippen LogP contribution in [0.5, 0.6) is 5.75 Å². The number of likely N-dealkylation sites (tertiary alicyclic amines) is 1. The number of piperidine rings is 1. The van der Waals surface area contributed by atoms with Crippen molar-refractivity contribution in [3.8, 4) is 5.75 Å². The van der Waals surface area contributed by atoms with Crippen molar-refractivity contribution in [1.82, 2.24) is 9.62 Å². The molecule has 1 saturated heterocycles. The molecule has 0 saturated carbocycles. The SMILES string of the molecule is O=C(NS(=O)(=O)CCN1CCC(Cc2ccccc2)CC1)c1ccc(OC(F)(F)F)cc1. The Morgan fingerprint density at radius 1 is 1.03 bits per heavy atom. The van der Waals surface area contributed by atoms with E-state index in [-0.39, 0.29) is 11.3 Å². The van der Waals surface area contributed by atoms with Crippen LogP contribution in [0.2, 0.25) is 0 Å². The molecule has 0 unspecified atom stereocenters. The average molecular weight is 471 g/mol. The first-order valence-electron chi connectivity index (χ1n) is 10.3. The van der Waals surface area contributed by atoms with Gasteiger partial charge in [0.2, 0.25) is 10.0 Å². The van der Waals surface area contributed by atoms with Crippen molar-refractivity contribution in [2.24, 2.45) is 5.92 Å². The molecule has 0 bridgehead atoms. The molecule has 0 aromatic heterocycles. The Hall–Kier alpha value is -2.59. The summed E-state index contributed by atoms with van der Waals surface area (Å²) in [4.78, 5) is 14.2. The highest BCUT2D eigenvalue weighted by Gasteiger charge is 2.31. The van der Waals surface area contributed by atoms with E-state index in [0.717, 1.165) is 56.6 Å². The smallest absolute Gasteiger partial charge is 0.406 e. The molecule has 32 heavy (non-hydrogen) atoms. The molecule has 2 aromatic carbocycles. The third-order valence-corrected chi connectivity index (χ3v) is 6.57. The molecule has 1 fully saturated rings. The maximum atomic E-state index is 12.3. The van der Waals surface area contributed by atoms with Crippen LogP contribution < -0.4 is 9.46 Å². The second kappa shape index (κ2) is 10.4. The molecule has 3 rings (SSSR count). The van der Waals surface area contributed by atoms with Crippen molar-refractivity contribution in [2.45, 2.75) is 25.6 Å². The highest BCUT2D eigenvalue weighted by molar-refractivity contribution is 7.90. The number of alkyl halides is 3. The van der Waals surface area contributed by atoms with Gasteiger partial charge in [-0.3, -0.25) is 4.79 Å². The van der Waals surface area contributed by atoms with Crippen LogP contribution in [0, 0.1) is 5.92 Å². The first-order chi connectivity index (χ1) is 15.1. The summed E-state index contributed by atoms with van der Waals surface area (Å²) in [6.45, 7) is 1.89. The van der Waals surface area contributed by atoms with Crippen molar-refractivity contribution >= 4 is 15.9 Å². The highest BCUT2D eigenvalue weighted by atomic mass is 32.2. The number of carbonyl (C=O) groups excluding carboxylic acids is 1. The molecule has 1 aliphatic rings. The predicted molar refractivity (Wildman–Crippen MR) is 114 cm³/mol. The third kappa shape index (κ3) is 7.83. The van der Waals surface area contributed by atoms with Crippen molar-refractivity contribution in [2.75, 3.05) is 25.4 Å². The van der Waals surface area contributed by atoms with E-state index in [1.54, 1.807) is 0 Å². The monoisotopic (exact) mass is 470 g/mol. The number of ether oxygens (including phenoxy) is 1. The van der Waals surface area contributed by atoms with Gasteiger partial charge in [0.1, 0.15) is 5.75 Å². The van der Waals surface area contributed by atoms with Gasteiger partial charge in [0, 0.05) is 12.1 Å². The van der Waals surface area contributed by atoms with Crippen molar-refractivity contribution in [1.29, 1.82) is 0 Å². The van der Waals surface area contributed by atoms with Gasteiger partial charge in [-0.05, 0) is 68.1 Å². The zero-order valence-corrected chi connectivity index (χ0v) is 18.2. The Morgan fingerprint density at radius 3 is 2.25 bits per heavy atom. The minimum absolute atomic E-state index is 0.0789. The molecule has 1 heterocycles. The lowest BCUT2D eigenvalue weighted by Crippen LogP contribution is -2.40. The van der Waals surface area contributed by atoms with Crippen LogP contribution in [-0.4, -0.2) is 51.0 Å². The van der Waals surface area contributed by atoms with E-state index >= 15 is 0 Å². The topological polar surface area (TPSA) is 75.7 Å². The fraction of sp³-hybridized carbons (Fsp3) is 0.409. The summed E-state index contributed by atoms with van der Waals surface area (Å²) in [7, 11) is -3.88. The van der Waals surface area contributed by atoms with Crippen molar-refractivity contribution < 1.29 is 31.1 Å². The number of halogens is 3. The number of hydrogen-bond donors (Lipinski definition) is 1. The number of nitrogens with zero attached hydrogens (tertiary/aromatic N) is 1. The quantitative estimate of drug-likeness (QED) is 0.638. The Morgan fingerprint density at radius 2 is 1.66 bits per heavy atom. The first kappa shape index (κ1) is 24.1. The molecule has 6 nitrogen and oxygen atoms in total. The number of nitrogens with one attached hydrogen (secondary N) is 1. The minimum atomic E-state index is -4.84. The molecule has 174 valence electrons. The van der Waals surface area contributed by atoms with Gasteiger partial charge in [-0.15, -0.1) is 13.2 Å². The van der Waals surface area contributed by atoms with Gasteiger partial charge in [0.25, 0.3) is 5.91 Å². The summed E-state index contributed by atoms with van der Waals surface area (Å²) < 4.78 is 66.9. The number of hydrogen-bond acceptors (Lipinski definition) is 5. The van der Waals surface area contributed by atoms with Gasteiger partial charge in [-0.1, -0.05) is 30.3 Å². The van der Waals surface area contributed by atoms with Gasteiger partial charge in [0.15, 0.2) is 0 Å². The van der Waals surface area contributed by atoms with E-state index in [1.807, 2.05) is 22.9 Å². The molecule has 0 atom stereocenters. The second-order valence-electron chi connectivity index (χ2n) is 7.80. The molecule has 0 radical (unpaired) electrons. The molecule has 10 heteroatoms. The van der Waals surface area contributed by atoms with Crippen LogP contribution in [0.25, 0.3) is 0 Å². The van der Waals surface area contributed by atoms with Gasteiger partial charge in [-0.2, -0.15) is 0 Å². The van der Waals surface area contributed by atoms with E-state index in [4.69, 9.17) is 0 Å². The van der Waals surface area contributed by atoms with Crippen LogP contribution in [0.4, 0.5) is 13.2 Å². The fourth-order valence-corrected chi connectivity index (χ4v) is 4.67. The second-order valence-corrected chi connectivity index (χ2v) is 9.64. The number of benzene rings is 2. The lowest BCUT2D eigenvalue weighted by Gasteiger charge is -2.31. The predicted octanol–water partition coefficient (Wildman–Crippen LogP) is 3.60. The van der Waals surface area contributed by atoms with Gasteiger partial charge >= 0.3 is 6.36 Å². The van der Waals surface area contributed by atoms with E-state index in [2.05, 4.69) is 21.8 Å². The van der Waals surface area contributed by atoms with E-state index in [1.165, 1.54) is 5.56 Å². The summed E-state index contributed by atoms with van der Waals surface area (Å²) in [5.74, 6) is -1.07. The van der Waals surface area contributed by atoms with E-state index in [9.17, 15) is 26.4 Å². The fourth-order valence-electron chi connectivity index (χ4n) is 3.67. The molecule has 0 spiro atoms. The normalized spacial score (nSPS) is 16.0. The summed E-state index contributed by atoms with van der Waals surface area (Å²) >= 11 is 0. The highest BCUT2D eigenvalue weighted by Crippen LogP contribution is 2.23. The Kier molecular flexibility index (Phi) is 7.78. The number of carbonyl (C=O) groups is 1. The summed E-state index contributed by atoms with van der Waals surface area (Å²) in [6.07, 6.45) is -1.87. The van der Waals surface area contributed by atoms with Gasteiger partial charge in [-0.25, -0.2) is 13.1 Å². The van der Waals surface area contributed by atoms with Crippen LogP contribution >= 0.6 is 0 Å². The molecule has 0 aliphatic carbocycles. The first-order valence-corrected chi connectivity index (χ1v) is 11.9. The third-order valence-electron chi connectivity index (χ3n) is 5.35. The molecular weight excluding hydrogens is 445 g/mol. The molecule has 1 aliphatic heterocycles. The lowest BCUT2D eigenvalue weighted by molar-refractivity contribution is -0.274. The van der Waals surface area contributed by atoms with Crippen LogP contribution in [0.15, 0.2) is 54.6 Å². The van der Waals surface area contributed by atoms with Gasteiger partial charge < -0.3 is 9.64 Å². The van der Waals surface area contributed by atoms with E-state index in [0.29, 0.717) is 12.5 Å². The standard InChI is InChI=1S/C22H25F3N2O4S/c23-22(24,25)31-20-8-6-19(7-9-20)21(28)26-32(29,30)15-14-27-12-10-18(11-13-27)16-17-4-2-1-3-5-17/h1-9,18H,10-16H2,(H,26,28). The summed E-state index contributed by atoms with van der Waals surface area (Å²) in [5.41, 5.74) is 1.22. The number of sulfonamides is 1. The number of rotatable bonds is 8. The average Bonchev–Trinajstić information content (AvgIpc) is 2.73. The van der Waals surface area contributed by atoms with Crippen molar-refractivity contribution in [3.05, 3.63) is 65.7 Å². The Balaban J connectivity index is 1.43. The molecule has 1 amide bonds. The largest absolute Gasteiger partial charge is 0.573 e. The Labute approximate surface area is 185 Å². The molecular formula is C22H25F3N2O4S. The van der Waals surface area contributed by atoms with Crippen LogP contribution in [0.1, 0.15) is 28.8 Å².